The zero-order valence-corrected chi connectivity index (χ0v) is 12.4. The highest BCUT2D eigenvalue weighted by molar-refractivity contribution is 5.77. The van der Waals surface area contributed by atoms with E-state index in [2.05, 4.69) is 17.4 Å². The van der Waals surface area contributed by atoms with Crippen molar-refractivity contribution < 1.29 is 14.3 Å². The second-order valence-corrected chi connectivity index (χ2v) is 5.87. The van der Waals surface area contributed by atoms with E-state index in [1.807, 2.05) is 6.07 Å². The molecular formula is C17H23NO3. The average molecular weight is 289 g/mol. The van der Waals surface area contributed by atoms with Crippen molar-refractivity contribution in [3.8, 4) is 5.75 Å². The topological polar surface area (TPSA) is 47.6 Å². The summed E-state index contributed by atoms with van der Waals surface area (Å²) < 4.78 is 11.1. The molecule has 21 heavy (non-hydrogen) atoms. The molecule has 1 fully saturated rings. The maximum Gasteiger partial charge on any atom is 0.258 e. The van der Waals surface area contributed by atoms with E-state index < -0.39 is 0 Å². The fourth-order valence-electron chi connectivity index (χ4n) is 3.03. The molecular weight excluding hydrogens is 266 g/mol. The van der Waals surface area contributed by atoms with Gasteiger partial charge in [0.25, 0.3) is 5.91 Å². The third-order valence-electron chi connectivity index (χ3n) is 4.24. The predicted molar refractivity (Wildman–Crippen MR) is 80.6 cm³/mol. The van der Waals surface area contributed by atoms with Gasteiger partial charge < -0.3 is 14.8 Å². The van der Waals surface area contributed by atoms with E-state index in [-0.39, 0.29) is 18.6 Å². The zero-order valence-electron chi connectivity index (χ0n) is 12.4. The van der Waals surface area contributed by atoms with Crippen molar-refractivity contribution in [3.05, 3.63) is 29.3 Å². The van der Waals surface area contributed by atoms with Gasteiger partial charge in [0, 0.05) is 13.2 Å². The van der Waals surface area contributed by atoms with Crippen molar-refractivity contribution in [1.82, 2.24) is 5.32 Å². The molecule has 1 aliphatic heterocycles. The van der Waals surface area contributed by atoms with Crippen LogP contribution in [-0.4, -0.2) is 31.8 Å². The van der Waals surface area contributed by atoms with Gasteiger partial charge in [0.2, 0.25) is 0 Å². The van der Waals surface area contributed by atoms with E-state index in [1.165, 1.54) is 24.0 Å². The van der Waals surface area contributed by atoms with Crippen LogP contribution in [0.15, 0.2) is 18.2 Å². The summed E-state index contributed by atoms with van der Waals surface area (Å²) in [4.78, 5) is 11.8. The van der Waals surface area contributed by atoms with Gasteiger partial charge in [0.15, 0.2) is 6.61 Å². The summed E-state index contributed by atoms with van der Waals surface area (Å²) >= 11 is 0. The third-order valence-corrected chi connectivity index (χ3v) is 4.24. The quantitative estimate of drug-likeness (QED) is 0.904. The zero-order chi connectivity index (χ0) is 14.5. The maximum absolute atomic E-state index is 11.8. The van der Waals surface area contributed by atoms with Crippen LogP contribution in [0.4, 0.5) is 0 Å². The van der Waals surface area contributed by atoms with Crippen LogP contribution in [-0.2, 0) is 22.4 Å². The Morgan fingerprint density at radius 2 is 2.10 bits per heavy atom. The normalized spacial score (nSPS) is 20.9. The smallest absolute Gasteiger partial charge is 0.258 e. The minimum Gasteiger partial charge on any atom is -0.484 e. The molecule has 1 aromatic carbocycles. The van der Waals surface area contributed by atoms with E-state index in [9.17, 15) is 4.79 Å². The number of hydrogen-bond donors (Lipinski definition) is 1. The lowest BCUT2D eigenvalue weighted by Gasteiger charge is -2.17. The Hall–Kier alpha value is -1.55. The molecule has 1 atom stereocenters. The first-order chi connectivity index (χ1) is 10.3. The maximum atomic E-state index is 11.8. The molecule has 0 bridgehead atoms. The molecule has 4 nitrogen and oxygen atoms in total. The lowest BCUT2D eigenvalue weighted by molar-refractivity contribution is -0.123. The van der Waals surface area contributed by atoms with Crippen LogP contribution in [0.2, 0.25) is 0 Å². The Bertz CT molecular complexity index is 495. The first kappa shape index (κ1) is 14.4. The van der Waals surface area contributed by atoms with Gasteiger partial charge in [-0.1, -0.05) is 6.07 Å². The number of amides is 1. The molecule has 0 spiro atoms. The molecule has 1 heterocycles. The van der Waals surface area contributed by atoms with Gasteiger partial charge in [-0.25, -0.2) is 0 Å². The summed E-state index contributed by atoms with van der Waals surface area (Å²) in [5, 5.41) is 2.87. The Morgan fingerprint density at radius 3 is 2.90 bits per heavy atom. The Balaban J connectivity index is 1.44. The van der Waals surface area contributed by atoms with Crippen LogP contribution in [0.3, 0.4) is 0 Å². The number of benzene rings is 1. The summed E-state index contributed by atoms with van der Waals surface area (Å²) in [5.41, 5.74) is 2.80. The predicted octanol–water partition coefficient (Wildman–Crippen LogP) is 2.24. The number of carbonyl (C=O) groups excluding carboxylic acids is 1. The Kier molecular flexibility index (Phi) is 4.76. The van der Waals surface area contributed by atoms with Gasteiger partial charge >= 0.3 is 0 Å². The van der Waals surface area contributed by atoms with Crippen molar-refractivity contribution in [3.63, 3.8) is 0 Å². The van der Waals surface area contributed by atoms with E-state index in [0.717, 1.165) is 38.0 Å². The standard InChI is InChI=1S/C17H23NO3/c19-17(18-11-16-6-3-9-20-16)12-21-15-8-7-13-4-1-2-5-14(13)10-15/h7-8,10,16H,1-6,9,11-12H2,(H,18,19)/t16-/m0/s1. The monoisotopic (exact) mass is 289 g/mol. The summed E-state index contributed by atoms with van der Waals surface area (Å²) in [5.74, 6) is 0.714. The molecule has 0 radical (unpaired) electrons. The van der Waals surface area contributed by atoms with E-state index in [0.29, 0.717) is 6.54 Å². The molecule has 0 unspecified atom stereocenters. The molecule has 1 amide bonds. The Morgan fingerprint density at radius 1 is 1.24 bits per heavy atom. The SMILES string of the molecule is O=C(COc1ccc2c(c1)CCCC2)NC[C@@H]1CCCO1. The summed E-state index contributed by atoms with van der Waals surface area (Å²) in [6.07, 6.45) is 7.11. The highest BCUT2D eigenvalue weighted by Gasteiger charge is 2.16. The molecule has 0 aromatic heterocycles. The molecule has 1 aromatic rings. The van der Waals surface area contributed by atoms with Gasteiger partial charge in [-0.2, -0.15) is 0 Å². The number of carbonyl (C=O) groups is 1. The van der Waals surface area contributed by atoms with Crippen LogP contribution in [0.25, 0.3) is 0 Å². The second-order valence-electron chi connectivity index (χ2n) is 5.87. The molecule has 3 rings (SSSR count). The van der Waals surface area contributed by atoms with Crippen LogP contribution in [0.1, 0.15) is 36.8 Å². The molecule has 1 aliphatic carbocycles. The second kappa shape index (κ2) is 6.94. The van der Waals surface area contributed by atoms with Crippen LogP contribution in [0.5, 0.6) is 5.75 Å². The number of ether oxygens (including phenoxy) is 2. The molecule has 2 aliphatic rings. The average Bonchev–Trinajstić information content (AvgIpc) is 3.04. The lowest BCUT2D eigenvalue weighted by atomic mass is 9.92. The molecule has 1 saturated heterocycles. The van der Waals surface area contributed by atoms with Crippen LogP contribution in [0, 0.1) is 0 Å². The summed E-state index contributed by atoms with van der Waals surface area (Å²) in [7, 11) is 0. The summed E-state index contributed by atoms with van der Waals surface area (Å²) in [6, 6.07) is 6.19. The molecule has 0 saturated carbocycles. The number of nitrogens with one attached hydrogen (secondary N) is 1. The van der Waals surface area contributed by atoms with Crippen LogP contribution >= 0.6 is 0 Å². The van der Waals surface area contributed by atoms with Crippen molar-refractivity contribution in [2.45, 2.75) is 44.6 Å². The van der Waals surface area contributed by atoms with E-state index >= 15 is 0 Å². The fourth-order valence-corrected chi connectivity index (χ4v) is 3.03. The van der Waals surface area contributed by atoms with E-state index in [4.69, 9.17) is 9.47 Å². The van der Waals surface area contributed by atoms with Gasteiger partial charge in [-0.15, -0.1) is 0 Å². The summed E-state index contributed by atoms with van der Waals surface area (Å²) in [6.45, 7) is 1.48. The third kappa shape index (κ3) is 3.97. The first-order valence-electron chi connectivity index (χ1n) is 7.94. The van der Waals surface area contributed by atoms with Gasteiger partial charge in [-0.3, -0.25) is 4.79 Å². The molecule has 114 valence electrons. The minimum absolute atomic E-state index is 0.0749. The van der Waals surface area contributed by atoms with Crippen molar-refractivity contribution >= 4 is 5.91 Å². The number of aryl methyl sites for hydroxylation is 2. The largest absolute Gasteiger partial charge is 0.484 e. The van der Waals surface area contributed by atoms with Gasteiger partial charge in [-0.05, 0) is 61.8 Å². The van der Waals surface area contributed by atoms with Crippen LogP contribution < -0.4 is 10.1 Å². The minimum atomic E-state index is -0.0804. The van der Waals surface area contributed by atoms with Crippen molar-refractivity contribution in [2.75, 3.05) is 19.8 Å². The van der Waals surface area contributed by atoms with Crippen molar-refractivity contribution in [1.29, 1.82) is 0 Å². The highest BCUT2D eigenvalue weighted by atomic mass is 16.5. The number of fused-ring (bicyclic) bond motifs is 1. The highest BCUT2D eigenvalue weighted by Crippen LogP contribution is 2.25. The first-order valence-corrected chi connectivity index (χ1v) is 7.94. The number of rotatable bonds is 5. The van der Waals surface area contributed by atoms with Gasteiger partial charge in [0.1, 0.15) is 5.75 Å². The van der Waals surface area contributed by atoms with Gasteiger partial charge in [0.05, 0.1) is 6.10 Å². The molecule has 4 heteroatoms. The number of hydrogen-bond acceptors (Lipinski definition) is 3. The Labute approximate surface area is 125 Å². The van der Waals surface area contributed by atoms with E-state index in [1.54, 1.807) is 0 Å². The molecule has 1 N–H and O–H groups in total. The van der Waals surface area contributed by atoms with Crippen molar-refractivity contribution in [2.24, 2.45) is 0 Å². The fraction of sp³-hybridized carbons (Fsp3) is 0.588. The lowest BCUT2D eigenvalue weighted by Crippen LogP contribution is -2.35.